The van der Waals surface area contributed by atoms with Gasteiger partial charge in [-0.15, -0.1) is 0 Å². The normalized spacial score (nSPS) is 10.4. The Kier molecular flexibility index (Phi) is 2.83. The molecule has 0 unspecified atom stereocenters. The van der Waals surface area contributed by atoms with Gasteiger partial charge >= 0.3 is 4.87 Å². The summed E-state index contributed by atoms with van der Waals surface area (Å²) >= 11 is 1.25. The number of anilines is 1. The Morgan fingerprint density at radius 2 is 1.81 bits per heavy atom. The fourth-order valence-corrected chi connectivity index (χ4v) is 2.31. The molecule has 0 spiro atoms. The van der Waals surface area contributed by atoms with E-state index in [9.17, 15) is 4.79 Å². The van der Waals surface area contributed by atoms with Gasteiger partial charge in [0.25, 0.3) is 0 Å². The number of benzene rings is 1. The first-order valence-corrected chi connectivity index (χ1v) is 5.87. The molecule has 0 bridgehead atoms. The number of aromatic nitrogens is 1. The number of nitrogens with one attached hydrogen (secondary N) is 1. The number of H-pyrrole nitrogens is 1. The van der Waals surface area contributed by atoms with Crippen LogP contribution in [0.3, 0.4) is 0 Å². The maximum Gasteiger partial charge on any atom is 0.305 e. The number of aryl methyl sites for hydroxylation is 1. The molecule has 1 aromatic carbocycles. The lowest BCUT2D eigenvalue weighted by atomic mass is 10.1. The standard InChI is InChI=1S/C12H14N2OS/c1-8-11(13-12(15)16-8)9-4-6-10(7-5-9)14(2)3/h4-7H,1-3H3,(H,13,15). The van der Waals surface area contributed by atoms with Crippen LogP contribution in [0.15, 0.2) is 29.1 Å². The third kappa shape index (κ3) is 2.02. The number of hydrogen-bond acceptors (Lipinski definition) is 3. The summed E-state index contributed by atoms with van der Waals surface area (Å²) in [6.45, 7) is 1.96. The summed E-state index contributed by atoms with van der Waals surface area (Å²) in [7, 11) is 4.01. The number of aromatic amines is 1. The van der Waals surface area contributed by atoms with Crippen molar-refractivity contribution in [3.63, 3.8) is 0 Å². The smallest absolute Gasteiger partial charge is 0.305 e. The van der Waals surface area contributed by atoms with Crippen molar-refractivity contribution in [2.45, 2.75) is 6.92 Å². The molecule has 0 atom stereocenters. The SMILES string of the molecule is Cc1sc(=O)[nH]c1-c1ccc(N(C)C)cc1. The number of thiazole rings is 1. The summed E-state index contributed by atoms with van der Waals surface area (Å²) in [6, 6.07) is 8.15. The quantitative estimate of drug-likeness (QED) is 0.866. The van der Waals surface area contributed by atoms with Crippen molar-refractivity contribution in [2.75, 3.05) is 19.0 Å². The van der Waals surface area contributed by atoms with Crippen molar-refractivity contribution in [1.29, 1.82) is 0 Å². The second kappa shape index (κ2) is 4.14. The fraction of sp³-hybridized carbons (Fsp3) is 0.250. The van der Waals surface area contributed by atoms with Crippen LogP contribution in [0.5, 0.6) is 0 Å². The van der Waals surface area contributed by atoms with Crippen LogP contribution in [0.1, 0.15) is 4.88 Å². The second-order valence-corrected chi connectivity index (χ2v) is 5.07. The summed E-state index contributed by atoms with van der Waals surface area (Å²) in [4.78, 5) is 17.2. The van der Waals surface area contributed by atoms with E-state index in [1.807, 2.05) is 50.2 Å². The molecule has 0 radical (unpaired) electrons. The Bertz CT molecular complexity index is 537. The van der Waals surface area contributed by atoms with Crippen LogP contribution >= 0.6 is 11.3 Å². The number of rotatable bonds is 2. The highest BCUT2D eigenvalue weighted by Crippen LogP contribution is 2.24. The van der Waals surface area contributed by atoms with Crippen LogP contribution in [-0.2, 0) is 0 Å². The van der Waals surface area contributed by atoms with E-state index in [2.05, 4.69) is 4.98 Å². The van der Waals surface area contributed by atoms with Gasteiger partial charge < -0.3 is 9.88 Å². The van der Waals surface area contributed by atoms with Crippen LogP contribution in [0.25, 0.3) is 11.3 Å². The van der Waals surface area contributed by atoms with Crippen LogP contribution in [0.2, 0.25) is 0 Å². The molecule has 1 N–H and O–H groups in total. The lowest BCUT2D eigenvalue weighted by molar-refractivity contribution is 1.13. The lowest BCUT2D eigenvalue weighted by Crippen LogP contribution is -2.07. The molecule has 0 aliphatic rings. The zero-order valence-electron chi connectivity index (χ0n) is 9.57. The van der Waals surface area contributed by atoms with E-state index in [-0.39, 0.29) is 4.87 Å². The molecule has 1 aromatic heterocycles. The first-order chi connectivity index (χ1) is 7.58. The highest BCUT2D eigenvalue weighted by atomic mass is 32.1. The molecule has 2 rings (SSSR count). The molecule has 0 aliphatic heterocycles. The minimum absolute atomic E-state index is 0.00388. The molecular weight excluding hydrogens is 220 g/mol. The second-order valence-electron chi connectivity index (χ2n) is 3.89. The topological polar surface area (TPSA) is 36.1 Å². The average molecular weight is 234 g/mol. The van der Waals surface area contributed by atoms with E-state index < -0.39 is 0 Å². The van der Waals surface area contributed by atoms with Crippen LogP contribution in [0.4, 0.5) is 5.69 Å². The minimum atomic E-state index is 0.00388. The third-order valence-corrected chi connectivity index (χ3v) is 3.30. The molecule has 2 aromatic rings. The Labute approximate surface area is 98.4 Å². The van der Waals surface area contributed by atoms with Gasteiger partial charge in [0.15, 0.2) is 0 Å². The van der Waals surface area contributed by atoms with Gasteiger partial charge in [0, 0.05) is 24.7 Å². The predicted molar refractivity (Wildman–Crippen MR) is 69.4 cm³/mol. The summed E-state index contributed by atoms with van der Waals surface area (Å²) in [6.07, 6.45) is 0. The van der Waals surface area contributed by atoms with E-state index in [4.69, 9.17) is 0 Å². The molecule has 0 fully saturated rings. The summed E-state index contributed by atoms with van der Waals surface area (Å²) in [5.74, 6) is 0. The Morgan fingerprint density at radius 3 is 2.25 bits per heavy atom. The van der Waals surface area contributed by atoms with Gasteiger partial charge in [0.1, 0.15) is 0 Å². The van der Waals surface area contributed by atoms with Gasteiger partial charge in [-0.3, -0.25) is 4.79 Å². The van der Waals surface area contributed by atoms with E-state index in [1.165, 1.54) is 11.3 Å². The van der Waals surface area contributed by atoms with E-state index in [0.29, 0.717) is 0 Å². The minimum Gasteiger partial charge on any atom is -0.378 e. The molecule has 3 nitrogen and oxygen atoms in total. The maximum absolute atomic E-state index is 11.2. The van der Waals surface area contributed by atoms with Crippen molar-refractivity contribution in [2.24, 2.45) is 0 Å². The zero-order valence-corrected chi connectivity index (χ0v) is 10.4. The monoisotopic (exact) mass is 234 g/mol. The van der Waals surface area contributed by atoms with Crippen LogP contribution < -0.4 is 9.77 Å². The van der Waals surface area contributed by atoms with E-state index >= 15 is 0 Å². The highest BCUT2D eigenvalue weighted by molar-refractivity contribution is 7.09. The molecule has 1 heterocycles. The van der Waals surface area contributed by atoms with Crippen molar-refractivity contribution < 1.29 is 0 Å². The van der Waals surface area contributed by atoms with Gasteiger partial charge in [-0.1, -0.05) is 23.5 Å². The molecule has 0 amide bonds. The first kappa shape index (κ1) is 11.0. The molecule has 0 saturated heterocycles. The Morgan fingerprint density at radius 1 is 1.19 bits per heavy atom. The Balaban J connectivity index is 2.42. The van der Waals surface area contributed by atoms with Gasteiger partial charge in [-0.05, 0) is 24.6 Å². The number of nitrogens with zero attached hydrogens (tertiary/aromatic N) is 1. The van der Waals surface area contributed by atoms with Gasteiger partial charge in [0.2, 0.25) is 0 Å². The molecule has 84 valence electrons. The summed E-state index contributed by atoms with van der Waals surface area (Å²) in [5.41, 5.74) is 3.14. The average Bonchev–Trinajstić information content (AvgIpc) is 2.58. The van der Waals surface area contributed by atoms with Crippen molar-refractivity contribution >= 4 is 17.0 Å². The van der Waals surface area contributed by atoms with Crippen LogP contribution in [-0.4, -0.2) is 19.1 Å². The lowest BCUT2D eigenvalue weighted by Gasteiger charge is -2.12. The highest BCUT2D eigenvalue weighted by Gasteiger charge is 2.06. The fourth-order valence-electron chi connectivity index (χ4n) is 1.61. The molecule has 0 saturated carbocycles. The summed E-state index contributed by atoms with van der Waals surface area (Å²) in [5, 5.41) is 0. The third-order valence-electron chi connectivity index (χ3n) is 2.50. The molecule has 16 heavy (non-hydrogen) atoms. The molecular formula is C12H14N2OS. The maximum atomic E-state index is 11.2. The Hall–Kier alpha value is -1.55. The van der Waals surface area contributed by atoms with Gasteiger partial charge in [0.05, 0.1) is 5.69 Å². The van der Waals surface area contributed by atoms with Crippen molar-refractivity contribution in [3.05, 3.63) is 38.8 Å². The molecule has 0 aliphatic carbocycles. The number of hydrogen-bond donors (Lipinski definition) is 1. The summed E-state index contributed by atoms with van der Waals surface area (Å²) < 4.78 is 0. The van der Waals surface area contributed by atoms with E-state index in [0.717, 1.165) is 21.8 Å². The van der Waals surface area contributed by atoms with E-state index in [1.54, 1.807) is 0 Å². The first-order valence-electron chi connectivity index (χ1n) is 5.05. The predicted octanol–water partition coefficient (Wildman–Crippen LogP) is 2.48. The largest absolute Gasteiger partial charge is 0.378 e. The zero-order chi connectivity index (χ0) is 11.7. The van der Waals surface area contributed by atoms with Gasteiger partial charge in [-0.25, -0.2) is 0 Å². The van der Waals surface area contributed by atoms with Gasteiger partial charge in [-0.2, -0.15) is 0 Å². The van der Waals surface area contributed by atoms with Crippen molar-refractivity contribution in [1.82, 2.24) is 4.98 Å². The van der Waals surface area contributed by atoms with Crippen LogP contribution in [0, 0.1) is 6.92 Å². The molecule has 4 heteroatoms. The van der Waals surface area contributed by atoms with Crippen molar-refractivity contribution in [3.8, 4) is 11.3 Å².